The highest BCUT2D eigenvalue weighted by Gasteiger charge is 2.14. The standard InChI is InChI=1S/C13H13Cl3N2/c1-7-5-8(3-2-4-17)11-12(16)9(14)6-10(15)13(11)18-7/h5-6H,2-4,17H2,1H3. The first kappa shape index (κ1) is 13.9. The van der Waals surface area contributed by atoms with Crippen molar-refractivity contribution in [1.29, 1.82) is 0 Å². The Hall–Kier alpha value is -0.540. The molecule has 0 saturated carbocycles. The van der Waals surface area contributed by atoms with Crippen molar-refractivity contribution >= 4 is 45.7 Å². The number of rotatable bonds is 3. The molecule has 0 amide bonds. The van der Waals surface area contributed by atoms with E-state index in [1.807, 2.05) is 13.0 Å². The lowest BCUT2D eigenvalue weighted by molar-refractivity contribution is 0.835. The molecule has 2 rings (SSSR count). The molecule has 0 spiro atoms. The Morgan fingerprint density at radius 1 is 1.17 bits per heavy atom. The smallest absolute Gasteiger partial charge is 0.0910 e. The third-order valence-electron chi connectivity index (χ3n) is 2.79. The average molecular weight is 304 g/mol. The number of hydrogen-bond donors (Lipinski definition) is 1. The average Bonchev–Trinajstić information content (AvgIpc) is 2.33. The second kappa shape index (κ2) is 5.62. The molecule has 0 atom stereocenters. The minimum absolute atomic E-state index is 0.453. The first-order valence-corrected chi connectivity index (χ1v) is 6.81. The van der Waals surface area contributed by atoms with Crippen LogP contribution in [0, 0.1) is 6.92 Å². The minimum atomic E-state index is 0.453. The summed E-state index contributed by atoms with van der Waals surface area (Å²) in [4.78, 5) is 4.44. The van der Waals surface area contributed by atoms with Gasteiger partial charge in [0.15, 0.2) is 0 Å². The maximum Gasteiger partial charge on any atom is 0.0910 e. The molecule has 0 aliphatic heterocycles. The maximum absolute atomic E-state index is 6.27. The summed E-state index contributed by atoms with van der Waals surface area (Å²) >= 11 is 18.5. The van der Waals surface area contributed by atoms with E-state index in [1.165, 1.54) is 0 Å². The lowest BCUT2D eigenvalue weighted by Gasteiger charge is -2.11. The number of benzene rings is 1. The lowest BCUT2D eigenvalue weighted by Crippen LogP contribution is -2.02. The molecule has 0 saturated heterocycles. The Morgan fingerprint density at radius 2 is 1.89 bits per heavy atom. The van der Waals surface area contributed by atoms with E-state index in [2.05, 4.69) is 4.98 Å². The molecule has 1 heterocycles. The van der Waals surface area contributed by atoms with Crippen molar-refractivity contribution in [3.8, 4) is 0 Å². The molecule has 2 nitrogen and oxygen atoms in total. The SMILES string of the molecule is Cc1cc(CCCN)c2c(Cl)c(Cl)cc(Cl)c2n1. The summed E-state index contributed by atoms with van der Waals surface area (Å²) < 4.78 is 0. The molecule has 0 radical (unpaired) electrons. The van der Waals surface area contributed by atoms with Crippen LogP contribution in [0.5, 0.6) is 0 Å². The highest BCUT2D eigenvalue weighted by atomic mass is 35.5. The van der Waals surface area contributed by atoms with Crippen LogP contribution in [0.15, 0.2) is 12.1 Å². The van der Waals surface area contributed by atoms with E-state index < -0.39 is 0 Å². The van der Waals surface area contributed by atoms with Crippen molar-refractivity contribution < 1.29 is 0 Å². The minimum Gasteiger partial charge on any atom is -0.330 e. The normalized spacial score (nSPS) is 11.2. The number of aryl methyl sites for hydroxylation is 2. The Kier molecular flexibility index (Phi) is 4.33. The van der Waals surface area contributed by atoms with Crippen LogP contribution in [0.2, 0.25) is 15.1 Å². The van der Waals surface area contributed by atoms with Crippen molar-refractivity contribution in [1.82, 2.24) is 4.98 Å². The molecule has 2 N–H and O–H groups in total. The van der Waals surface area contributed by atoms with Crippen LogP contribution in [0.1, 0.15) is 17.7 Å². The molecule has 1 aromatic heterocycles. The van der Waals surface area contributed by atoms with Crippen LogP contribution in [0.25, 0.3) is 10.9 Å². The summed E-state index contributed by atoms with van der Waals surface area (Å²) in [7, 11) is 0. The Labute approximate surface area is 121 Å². The van der Waals surface area contributed by atoms with Crippen LogP contribution in [0.3, 0.4) is 0 Å². The van der Waals surface area contributed by atoms with Gasteiger partial charge in [-0.15, -0.1) is 0 Å². The molecule has 96 valence electrons. The van der Waals surface area contributed by atoms with Gasteiger partial charge in [-0.25, -0.2) is 0 Å². The molecule has 0 unspecified atom stereocenters. The zero-order valence-corrected chi connectivity index (χ0v) is 12.2. The predicted molar refractivity (Wildman–Crippen MR) is 78.9 cm³/mol. The van der Waals surface area contributed by atoms with E-state index >= 15 is 0 Å². The molecule has 0 aliphatic carbocycles. The first-order valence-electron chi connectivity index (χ1n) is 5.68. The fraction of sp³-hybridized carbons (Fsp3) is 0.308. The number of nitrogens with two attached hydrogens (primary N) is 1. The second-order valence-electron chi connectivity index (χ2n) is 4.19. The van der Waals surface area contributed by atoms with Gasteiger partial charge in [-0.05, 0) is 44.0 Å². The number of pyridine rings is 1. The van der Waals surface area contributed by atoms with E-state index in [-0.39, 0.29) is 0 Å². The molecule has 2 aromatic rings. The molecular weight excluding hydrogens is 291 g/mol. The zero-order chi connectivity index (χ0) is 13.3. The molecule has 18 heavy (non-hydrogen) atoms. The van der Waals surface area contributed by atoms with Crippen molar-refractivity contribution in [2.75, 3.05) is 6.54 Å². The molecule has 1 aromatic carbocycles. The van der Waals surface area contributed by atoms with Crippen LogP contribution < -0.4 is 5.73 Å². The van der Waals surface area contributed by atoms with E-state index in [4.69, 9.17) is 40.5 Å². The van der Waals surface area contributed by atoms with E-state index in [9.17, 15) is 0 Å². The zero-order valence-electron chi connectivity index (χ0n) is 9.93. The van der Waals surface area contributed by atoms with Crippen molar-refractivity contribution in [2.24, 2.45) is 5.73 Å². The van der Waals surface area contributed by atoms with E-state index in [0.717, 1.165) is 29.5 Å². The summed E-state index contributed by atoms with van der Waals surface area (Å²) in [6.45, 7) is 2.57. The van der Waals surface area contributed by atoms with Gasteiger partial charge in [-0.2, -0.15) is 0 Å². The van der Waals surface area contributed by atoms with Crippen LogP contribution in [0.4, 0.5) is 0 Å². The van der Waals surface area contributed by atoms with Gasteiger partial charge >= 0.3 is 0 Å². The Balaban J connectivity index is 2.75. The number of fused-ring (bicyclic) bond motifs is 1. The predicted octanol–water partition coefficient (Wildman–Crippen LogP) is 4.39. The van der Waals surface area contributed by atoms with E-state index in [1.54, 1.807) is 6.07 Å². The number of hydrogen-bond acceptors (Lipinski definition) is 2. The first-order chi connectivity index (χ1) is 8.54. The Morgan fingerprint density at radius 3 is 2.56 bits per heavy atom. The highest BCUT2D eigenvalue weighted by molar-refractivity contribution is 6.47. The fourth-order valence-electron chi connectivity index (χ4n) is 2.01. The molecule has 0 aliphatic rings. The van der Waals surface area contributed by atoms with Gasteiger partial charge in [0.05, 0.1) is 20.6 Å². The highest BCUT2D eigenvalue weighted by Crippen LogP contribution is 2.37. The summed E-state index contributed by atoms with van der Waals surface area (Å²) in [6, 6.07) is 3.64. The third-order valence-corrected chi connectivity index (χ3v) is 3.86. The number of aromatic nitrogens is 1. The molecule has 0 bridgehead atoms. The summed E-state index contributed by atoms with van der Waals surface area (Å²) in [5.74, 6) is 0. The monoisotopic (exact) mass is 302 g/mol. The van der Waals surface area contributed by atoms with Crippen LogP contribution in [-0.4, -0.2) is 11.5 Å². The van der Waals surface area contributed by atoms with Crippen molar-refractivity contribution in [3.63, 3.8) is 0 Å². The third kappa shape index (κ3) is 2.57. The van der Waals surface area contributed by atoms with Crippen LogP contribution >= 0.6 is 34.8 Å². The summed E-state index contributed by atoms with van der Waals surface area (Å²) in [5, 5.41) is 2.33. The summed E-state index contributed by atoms with van der Waals surface area (Å²) in [5.41, 5.74) is 8.27. The fourth-order valence-corrected chi connectivity index (χ4v) is 2.78. The number of halogens is 3. The van der Waals surface area contributed by atoms with Crippen molar-refractivity contribution in [3.05, 3.63) is 38.5 Å². The Bertz CT molecular complexity index is 597. The van der Waals surface area contributed by atoms with Gasteiger partial charge in [0.1, 0.15) is 0 Å². The van der Waals surface area contributed by atoms with Crippen LogP contribution in [-0.2, 0) is 6.42 Å². The summed E-state index contributed by atoms with van der Waals surface area (Å²) in [6.07, 6.45) is 1.73. The number of nitrogens with zero attached hydrogens (tertiary/aromatic N) is 1. The van der Waals surface area contributed by atoms with Gasteiger partial charge in [0, 0.05) is 11.1 Å². The van der Waals surface area contributed by atoms with Gasteiger partial charge in [-0.1, -0.05) is 34.8 Å². The second-order valence-corrected chi connectivity index (χ2v) is 5.39. The molecular formula is C13H13Cl3N2. The topological polar surface area (TPSA) is 38.9 Å². The lowest BCUT2D eigenvalue weighted by atomic mass is 10.0. The molecule has 5 heteroatoms. The maximum atomic E-state index is 6.27. The quantitative estimate of drug-likeness (QED) is 0.854. The van der Waals surface area contributed by atoms with Gasteiger partial charge in [0.2, 0.25) is 0 Å². The van der Waals surface area contributed by atoms with Gasteiger partial charge in [0.25, 0.3) is 0 Å². The largest absolute Gasteiger partial charge is 0.330 e. The van der Waals surface area contributed by atoms with E-state index in [0.29, 0.717) is 27.1 Å². The van der Waals surface area contributed by atoms with Gasteiger partial charge < -0.3 is 5.73 Å². The van der Waals surface area contributed by atoms with Gasteiger partial charge in [-0.3, -0.25) is 4.98 Å². The van der Waals surface area contributed by atoms with Crippen molar-refractivity contribution in [2.45, 2.75) is 19.8 Å². The molecule has 0 fully saturated rings.